The Kier molecular flexibility index (Phi) is 3.81. The molecular weight excluding hydrogens is 268 g/mol. The number of aliphatic carboxylic acids is 1. The number of carboxylic acid groups (broad SMARTS) is 1. The van der Waals surface area contributed by atoms with Crippen molar-refractivity contribution in [1.29, 1.82) is 0 Å². The number of fused-ring (bicyclic) bond motifs is 1. The second-order valence-corrected chi connectivity index (χ2v) is 5.14. The average molecular weight is 284 g/mol. The number of para-hydroxylation sites is 1. The molecule has 1 atom stereocenters. The molecule has 5 heteroatoms. The Balaban J connectivity index is 1.68. The highest BCUT2D eigenvalue weighted by Gasteiger charge is 2.25. The highest BCUT2D eigenvalue weighted by atomic mass is 16.5. The number of aryl methyl sites for hydroxylation is 1. The molecule has 1 aromatic carbocycles. The molecule has 0 amide bonds. The number of hydrogen-bond acceptors (Lipinski definition) is 4. The molecule has 3 rings (SSSR count). The van der Waals surface area contributed by atoms with Crippen LogP contribution in [-0.4, -0.2) is 21.0 Å². The molecule has 0 radical (unpaired) electrons. The second-order valence-electron chi connectivity index (χ2n) is 5.14. The molecule has 5 nitrogen and oxygen atoms in total. The van der Waals surface area contributed by atoms with Gasteiger partial charge in [-0.1, -0.05) is 18.2 Å². The summed E-state index contributed by atoms with van der Waals surface area (Å²) < 4.78 is 5.62. The zero-order valence-corrected chi connectivity index (χ0v) is 11.5. The first-order chi connectivity index (χ1) is 10.2. The van der Waals surface area contributed by atoms with Gasteiger partial charge in [-0.3, -0.25) is 4.79 Å². The lowest BCUT2D eigenvalue weighted by molar-refractivity contribution is -0.142. The highest BCUT2D eigenvalue weighted by molar-refractivity contribution is 5.70. The molecule has 0 aliphatic heterocycles. The fraction of sp³-hybridized carbons (Fsp3) is 0.312. The Hall–Kier alpha value is -2.43. The topological polar surface area (TPSA) is 72.3 Å². The van der Waals surface area contributed by atoms with Gasteiger partial charge in [0.25, 0.3) is 0 Å². The summed E-state index contributed by atoms with van der Waals surface area (Å²) >= 11 is 0. The monoisotopic (exact) mass is 284 g/mol. The van der Waals surface area contributed by atoms with Crippen LogP contribution in [0.15, 0.2) is 36.5 Å². The molecule has 2 aromatic rings. The summed E-state index contributed by atoms with van der Waals surface area (Å²) in [6.07, 6.45) is 3.58. The molecule has 1 aromatic heterocycles. The van der Waals surface area contributed by atoms with Crippen LogP contribution in [0.4, 0.5) is 0 Å². The van der Waals surface area contributed by atoms with Gasteiger partial charge in [0.05, 0.1) is 5.92 Å². The summed E-state index contributed by atoms with van der Waals surface area (Å²) in [4.78, 5) is 19.8. The maximum absolute atomic E-state index is 11.0. The van der Waals surface area contributed by atoms with E-state index < -0.39 is 5.97 Å². The molecule has 0 spiro atoms. The lowest BCUT2D eigenvalue weighted by Gasteiger charge is -2.20. The summed E-state index contributed by atoms with van der Waals surface area (Å²) in [6.45, 7) is 0.319. The van der Waals surface area contributed by atoms with E-state index in [-0.39, 0.29) is 5.92 Å². The summed E-state index contributed by atoms with van der Waals surface area (Å²) in [6, 6.07) is 9.52. The summed E-state index contributed by atoms with van der Waals surface area (Å²) in [7, 11) is 0. The number of hydrogen-bond donors (Lipinski definition) is 1. The SMILES string of the molecule is O=C(O)C1CCc2nc(COc3ccccc3)ncc2C1. The van der Waals surface area contributed by atoms with Crippen molar-refractivity contribution in [2.45, 2.75) is 25.9 Å². The van der Waals surface area contributed by atoms with Gasteiger partial charge in [0.15, 0.2) is 5.82 Å². The van der Waals surface area contributed by atoms with Crippen molar-refractivity contribution in [2.24, 2.45) is 5.92 Å². The van der Waals surface area contributed by atoms with Crippen molar-refractivity contribution < 1.29 is 14.6 Å². The van der Waals surface area contributed by atoms with Gasteiger partial charge in [0.1, 0.15) is 12.4 Å². The Morgan fingerprint density at radius 1 is 1.33 bits per heavy atom. The molecule has 1 unspecified atom stereocenters. The van der Waals surface area contributed by atoms with Crippen molar-refractivity contribution in [3.8, 4) is 5.75 Å². The van der Waals surface area contributed by atoms with Gasteiger partial charge < -0.3 is 9.84 Å². The third-order valence-electron chi connectivity index (χ3n) is 3.66. The van der Waals surface area contributed by atoms with Crippen LogP contribution in [0.2, 0.25) is 0 Å². The van der Waals surface area contributed by atoms with E-state index in [4.69, 9.17) is 9.84 Å². The normalized spacial score (nSPS) is 17.0. The second kappa shape index (κ2) is 5.91. The summed E-state index contributed by atoms with van der Waals surface area (Å²) in [5.74, 6) is 0.362. The molecule has 108 valence electrons. The van der Waals surface area contributed by atoms with Crippen molar-refractivity contribution in [3.05, 3.63) is 53.6 Å². The number of nitrogens with zero attached hydrogens (tertiary/aromatic N) is 2. The van der Waals surface area contributed by atoms with Crippen molar-refractivity contribution >= 4 is 5.97 Å². The van der Waals surface area contributed by atoms with Crippen LogP contribution < -0.4 is 4.74 Å². The molecule has 1 aliphatic rings. The van der Waals surface area contributed by atoms with E-state index in [1.54, 1.807) is 6.20 Å². The first kappa shape index (κ1) is 13.5. The number of carbonyl (C=O) groups is 1. The van der Waals surface area contributed by atoms with Gasteiger partial charge in [0, 0.05) is 11.9 Å². The Morgan fingerprint density at radius 3 is 2.90 bits per heavy atom. The summed E-state index contributed by atoms with van der Waals surface area (Å²) in [5, 5.41) is 9.07. The lowest BCUT2D eigenvalue weighted by Crippen LogP contribution is -2.23. The maximum Gasteiger partial charge on any atom is 0.306 e. The average Bonchev–Trinajstić information content (AvgIpc) is 2.53. The minimum absolute atomic E-state index is 0.312. The molecule has 0 bridgehead atoms. The predicted octanol–water partition coefficient (Wildman–Crippen LogP) is 2.25. The third kappa shape index (κ3) is 3.18. The van der Waals surface area contributed by atoms with Gasteiger partial charge in [-0.05, 0) is 37.0 Å². The molecule has 0 fully saturated rings. The first-order valence-corrected chi connectivity index (χ1v) is 6.96. The van der Waals surface area contributed by atoms with Crippen LogP contribution in [0.1, 0.15) is 23.5 Å². The Morgan fingerprint density at radius 2 is 2.14 bits per heavy atom. The van der Waals surface area contributed by atoms with E-state index in [0.717, 1.165) is 17.0 Å². The largest absolute Gasteiger partial charge is 0.486 e. The van der Waals surface area contributed by atoms with Crippen molar-refractivity contribution in [2.75, 3.05) is 0 Å². The Labute approximate surface area is 122 Å². The first-order valence-electron chi connectivity index (χ1n) is 6.96. The van der Waals surface area contributed by atoms with E-state index in [1.807, 2.05) is 30.3 Å². The maximum atomic E-state index is 11.0. The number of rotatable bonds is 4. The minimum Gasteiger partial charge on any atom is -0.486 e. The number of carboxylic acids is 1. The van der Waals surface area contributed by atoms with Gasteiger partial charge in [-0.25, -0.2) is 9.97 Å². The number of benzene rings is 1. The summed E-state index contributed by atoms with van der Waals surface area (Å²) in [5.41, 5.74) is 1.89. The molecule has 1 N–H and O–H groups in total. The third-order valence-corrected chi connectivity index (χ3v) is 3.66. The van der Waals surface area contributed by atoms with Gasteiger partial charge in [0.2, 0.25) is 0 Å². The van der Waals surface area contributed by atoms with Crippen LogP contribution in [0.3, 0.4) is 0 Å². The molecular formula is C16H16N2O3. The fourth-order valence-electron chi connectivity index (χ4n) is 2.49. The van der Waals surface area contributed by atoms with Crippen LogP contribution in [0.25, 0.3) is 0 Å². The van der Waals surface area contributed by atoms with E-state index in [0.29, 0.717) is 31.7 Å². The zero-order chi connectivity index (χ0) is 14.7. The minimum atomic E-state index is -0.739. The molecule has 1 heterocycles. The van der Waals surface area contributed by atoms with Gasteiger partial charge in [-0.2, -0.15) is 0 Å². The van der Waals surface area contributed by atoms with Crippen LogP contribution >= 0.6 is 0 Å². The van der Waals surface area contributed by atoms with E-state index >= 15 is 0 Å². The number of ether oxygens (including phenoxy) is 1. The molecule has 0 saturated heterocycles. The quantitative estimate of drug-likeness (QED) is 0.932. The molecule has 0 saturated carbocycles. The molecule has 1 aliphatic carbocycles. The smallest absolute Gasteiger partial charge is 0.306 e. The van der Waals surface area contributed by atoms with E-state index in [1.165, 1.54) is 0 Å². The van der Waals surface area contributed by atoms with Gasteiger partial charge in [-0.15, -0.1) is 0 Å². The fourth-order valence-corrected chi connectivity index (χ4v) is 2.49. The highest BCUT2D eigenvalue weighted by Crippen LogP contribution is 2.24. The van der Waals surface area contributed by atoms with Gasteiger partial charge >= 0.3 is 5.97 Å². The van der Waals surface area contributed by atoms with E-state index in [2.05, 4.69) is 9.97 Å². The zero-order valence-electron chi connectivity index (χ0n) is 11.5. The lowest BCUT2D eigenvalue weighted by atomic mass is 9.87. The van der Waals surface area contributed by atoms with Crippen molar-refractivity contribution in [3.63, 3.8) is 0 Å². The molecule has 21 heavy (non-hydrogen) atoms. The van der Waals surface area contributed by atoms with E-state index in [9.17, 15) is 4.79 Å². The van der Waals surface area contributed by atoms with Crippen LogP contribution in [-0.2, 0) is 24.2 Å². The van der Waals surface area contributed by atoms with Crippen molar-refractivity contribution in [1.82, 2.24) is 9.97 Å². The van der Waals surface area contributed by atoms with Crippen LogP contribution in [0, 0.1) is 5.92 Å². The predicted molar refractivity (Wildman–Crippen MR) is 76.0 cm³/mol. The van der Waals surface area contributed by atoms with Crippen LogP contribution in [0.5, 0.6) is 5.75 Å². The Bertz CT molecular complexity index is 643. The standard InChI is InChI=1S/C16H16N2O3/c19-16(20)11-6-7-14-12(8-11)9-17-15(18-14)10-21-13-4-2-1-3-5-13/h1-5,9,11H,6-8,10H2,(H,19,20). The number of aromatic nitrogens is 2.